The highest BCUT2D eigenvalue weighted by atomic mass is 32.2. The minimum atomic E-state index is -0.134. The van der Waals surface area contributed by atoms with Crippen molar-refractivity contribution in [2.75, 3.05) is 11.5 Å². The average molecular weight is 235 g/mol. The largest absolute Gasteiger partial charge is 0.386 e. The lowest BCUT2D eigenvalue weighted by Crippen LogP contribution is -2.13. The minimum Gasteiger partial charge on any atom is -0.386 e. The average Bonchev–Trinajstić information content (AvgIpc) is 2.15. The van der Waals surface area contributed by atoms with Crippen molar-refractivity contribution in [2.24, 2.45) is 5.73 Å². The summed E-state index contributed by atoms with van der Waals surface area (Å²) in [5.41, 5.74) is 5.76. The van der Waals surface area contributed by atoms with Crippen LogP contribution in [0.15, 0.2) is 0 Å². The van der Waals surface area contributed by atoms with Gasteiger partial charge in [-0.25, -0.2) is 10.9 Å². The van der Waals surface area contributed by atoms with Gasteiger partial charge in [0.25, 0.3) is 0 Å². The van der Waals surface area contributed by atoms with Crippen LogP contribution in [0.5, 0.6) is 0 Å². The maximum Gasteiger partial charge on any atom is 0.111 e. The summed E-state index contributed by atoms with van der Waals surface area (Å²) < 4.78 is 0.798. The number of thiocarbonyl (C=S) groups is 1. The molecule has 0 aliphatic heterocycles. The van der Waals surface area contributed by atoms with Crippen molar-refractivity contribution in [1.82, 2.24) is 0 Å². The zero-order chi connectivity index (χ0) is 10.8. The molecule has 0 aromatic heterocycles. The summed E-state index contributed by atoms with van der Waals surface area (Å²) in [4.78, 5) is 0. The number of hydrogen-bond donors (Lipinski definition) is 2. The van der Waals surface area contributed by atoms with Gasteiger partial charge < -0.3 is 5.73 Å². The van der Waals surface area contributed by atoms with Gasteiger partial charge in [-0.1, -0.05) is 51.7 Å². The predicted molar refractivity (Wildman–Crippen MR) is 74.6 cm³/mol. The topological polar surface area (TPSA) is 26.0 Å². The molecule has 0 atom stereocenters. The second-order valence-electron chi connectivity index (χ2n) is 3.74. The molecular weight excluding hydrogens is 210 g/mol. The molecule has 0 radical (unpaired) electrons. The van der Waals surface area contributed by atoms with Crippen LogP contribution in [-0.4, -0.2) is 15.8 Å². The van der Waals surface area contributed by atoms with E-state index in [1.165, 1.54) is 50.0 Å². The molecule has 0 bridgehead atoms. The van der Waals surface area contributed by atoms with E-state index in [1.807, 2.05) is 0 Å². The maximum absolute atomic E-state index is 5.76. The Labute approximate surface area is 97.2 Å². The lowest BCUT2D eigenvalue weighted by molar-refractivity contribution is 0.767. The van der Waals surface area contributed by atoms with Crippen LogP contribution in [0.25, 0.3) is 0 Å². The molecule has 0 rings (SSSR count). The predicted octanol–water partition coefficient (Wildman–Crippen LogP) is 3.61. The van der Waals surface area contributed by atoms with Crippen molar-refractivity contribution in [3.63, 3.8) is 0 Å². The number of hydrogen-bond acceptors (Lipinski definition) is 1. The summed E-state index contributed by atoms with van der Waals surface area (Å²) in [6.45, 7) is 4.47. The van der Waals surface area contributed by atoms with Crippen LogP contribution < -0.4 is 5.73 Å². The second kappa shape index (κ2) is 9.78. The molecule has 0 amide bonds. The van der Waals surface area contributed by atoms with Gasteiger partial charge >= 0.3 is 0 Å². The molecule has 0 saturated carbocycles. The second-order valence-corrected chi connectivity index (χ2v) is 6.94. The molecule has 14 heavy (non-hydrogen) atoms. The number of nitrogens with two attached hydrogens (primary N) is 1. The van der Waals surface area contributed by atoms with E-state index in [0.29, 0.717) is 0 Å². The molecule has 0 fully saturated rings. The third-order valence-electron chi connectivity index (χ3n) is 2.37. The normalized spacial score (nSPS) is 11.4. The van der Waals surface area contributed by atoms with Crippen LogP contribution in [0.4, 0.5) is 0 Å². The smallest absolute Gasteiger partial charge is 0.111 e. The highest BCUT2D eigenvalue weighted by Gasteiger charge is 2.05. The van der Waals surface area contributed by atoms with Gasteiger partial charge in [-0.2, -0.15) is 0 Å². The lowest BCUT2D eigenvalue weighted by Gasteiger charge is -2.19. The van der Waals surface area contributed by atoms with Crippen molar-refractivity contribution in [2.45, 2.75) is 52.4 Å². The van der Waals surface area contributed by atoms with E-state index in [1.54, 1.807) is 0 Å². The summed E-state index contributed by atoms with van der Waals surface area (Å²) in [7, 11) is -0.134. The van der Waals surface area contributed by atoms with Crippen molar-refractivity contribution in [3.05, 3.63) is 0 Å². The van der Waals surface area contributed by atoms with Gasteiger partial charge in [0.15, 0.2) is 0 Å². The third-order valence-corrected chi connectivity index (χ3v) is 5.48. The Kier molecular flexibility index (Phi) is 9.95. The van der Waals surface area contributed by atoms with Crippen LogP contribution in [-0.2, 0) is 0 Å². The first-order chi connectivity index (χ1) is 6.72. The summed E-state index contributed by atoms with van der Waals surface area (Å²) in [5, 5.41) is 0. The van der Waals surface area contributed by atoms with Crippen LogP contribution >= 0.6 is 23.1 Å². The highest BCUT2D eigenvalue weighted by Crippen LogP contribution is 2.28. The van der Waals surface area contributed by atoms with Crippen LogP contribution in [0.3, 0.4) is 0 Å². The molecule has 0 aliphatic rings. The summed E-state index contributed by atoms with van der Waals surface area (Å²) in [5.74, 6) is 2.53. The molecule has 0 aromatic rings. The fraction of sp³-hybridized carbons (Fsp3) is 0.909. The van der Waals surface area contributed by atoms with Gasteiger partial charge in [0, 0.05) is 0 Å². The van der Waals surface area contributed by atoms with Crippen LogP contribution in [0, 0.1) is 0 Å². The maximum atomic E-state index is 5.76. The van der Waals surface area contributed by atoms with E-state index in [-0.39, 0.29) is 10.9 Å². The van der Waals surface area contributed by atoms with E-state index in [2.05, 4.69) is 13.8 Å². The first kappa shape index (κ1) is 14.2. The fourth-order valence-electron chi connectivity index (χ4n) is 1.44. The number of thiol groups is 1. The molecule has 0 aliphatic carbocycles. The van der Waals surface area contributed by atoms with Crippen molar-refractivity contribution in [3.8, 4) is 0 Å². The molecule has 86 valence electrons. The minimum absolute atomic E-state index is 0.134. The van der Waals surface area contributed by atoms with E-state index >= 15 is 0 Å². The van der Waals surface area contributed by atoms with Gasteiger partial charge in [0.2, 0.25) is 0 Å². The van der Waals surface area contributed by atoms with Crippen LogP contribution in [0.1, 0.15) is 52.4 Å². The summed E-state index contributed by atoms with van der Waals surface area (Å²) in [6.07, 6.45) is 7.85. The van der Waals surface area contributed by atoms with E-state index in [0.717, 1.165) is 4.32 Å². The summed E-state index contributed by atoms with van der Waals surface area (Å²) in [6, 6.07) is 0. The number of unbranched alkanes of at least 4 members (excludes halogenated alkanes) is 4. The molecule has 0 unspecified atom stereocenters. The Morgan fingerprint density at radius 3 is 1.71 bits per heavy atom. The Hall–Kier alpha value is 0.240. The Morgan fingerprint density at radius 1 is 1.00 bits per heavy atom. The number of rotatable bonds is 8. The van der Waals surface area contributed by atoms with E-state index < -0.39 is 0 Å². The van der Waals surface area contributed by atoms with E-state index in [9.17, 15) is 0 Å². The molecule has 0 heterocycles. The van der Waals surface area contributed by atoms with Gasteiger partial charge in [-0.3, -0.25) is 0 Å². The van der Waals surface area contributed by atoms with Crippen molar-refractivity contribution in [1.29, 1.82) is 0 Å². The molecule has 0 spiro atoms. The Morgan fingerprint density at radius 2 is 1.43 bits per heavy atom. The van der Waals surface area contributed by atoms with Gasteiger partial charge in [-0.05, 0) is 24.3 Å². The first-order valence-corrected chi connectivity index (χ1v) is 7.88. The molecule has 0 saturated heterocycles. The fourth-order valence-corrected chi connectivity index (χ4v) is 3.86. The Bertz CT molecular complexity index is 138. The molecule has 0 aromatic carbocycles. The summed E-state index contributed by atoms with van der Waals surface area (Å²) >= 11 is 5.12. The lowest BCUT2D eigenvalue weighted by atomic mass is 10.3. The molecular formula is C11H25NS2. The highest BCUT2D eigenvalue weighted by molar-refractivity contribution is 8.36. The monoisotopic (exact) mass is 235 g/mol. The molecule has 3 heteroatoms. The molecule has 1 nitrogen and oxygen atoms in total. The zero-order valence-electron chi connectivity index (χ0n) is 9.59. The van der Waals surface area contributed by atoms with Crippen molar-refractivity contribution < 1.29 is 0 Å². The molecule has 2 N–H and O–H groups in total. The third kappa shape index (κ3) is 7.63. The SMILES string of the molecule is CCCCC[SH](CCCCC)C(N)=S. The zero-order valence-corrected chi connectivity index (χ0v) is 11.3. The Balaban J connectivity index is 3.61. The van der Waals surface area contributed by atoms with E-state index in [4.69, 9.17) is 18.0 Å². The van der Waals surface area contributed by atoms with Gasteiger partial charge in [-0.15, -0.1) is 0 Å². The van der Waals surface area contributed by atoms with Crippen molar-refractivity contribution >= 4 is 27.4 Å². The standard InChI is InChI=1S/C11H25NS2/c1-3-5-7-9-14(11(12)13)10-8-6-4-2/h14H,3-10H2,1-2H3,(H2,12,13). The van der Waals surface area contributed by atoms with Gasteiger partial charge in [0.05, 0.1) is 0 Å². The quantitative estimate of drug-likeness (QED) is 0.382. The van der Waals surface area contributed by atoms with Crippen LogP contribution in [0.2, 0.25) is 0 Å². The first-order valence-electron chi connectivity index (χ1n) is 5.76. The van der Waals surface area contributed by atoms with Gasteiger partial charge in [0.1, 0.15) is 4.32 Å².